The summed E-state index contributed by atoms with van der Waals surface area (Å²) in [6.45, 7) is 3.03. The van der Waals surface area contributed by atoms with Gasteiger partial charge in [-0.05, 0) is 54.2 Å². The van der Waals surface area contributed by atoms with Crippen molar-refractivity contribution in [1.82, 2.24) is 0 Å². The van der Waals surface area contributed by atoms with Crippen LogP contribution < -0.4 is 10.6 Å². The molecule has 0 amide bonds. The Kier molecular flexibility index (Phi) is 4.22. The monoisotopic (exact) mass is 330 g/mol. The van der Waals surface area contributed by atoms with E-state index in [0.29, 0.717) is 21.8 Å². The van der Waals surface area contributed by atoms with Gasteiger partial charge in [-0.1, -0.05) is 12.2 Å². The Labute approximate surface area is 120 Å². The second-order valence-corrected chi connectivity index (χ2v) is 5.90. The average Bonchev–Trinajstić information content (AvgIpc) is 2.33. The maximum Gasteiger partial charge on any atom is 0.161 e. The summed E-state index contributed by atoms with van der Waals surface area (Å²) in [5, 5.41) is 0. The number of thiocarbonyl (C=S) groups is 1. The molecule has 1 unspecified atom stereocenters. The first kappa shape index (κ1) is 13.7. The van der Waals surface area contributed by atoms with Gasteiger partial charge in [0.15, 0.2) is 5.82 Å². The molecular formula is C13H16BrFN2S. The van der Waals surface area contributed by atoms with Crippen LogP contribution in [0.4, 0.5) is 10.1 Å². The number of hydrogen-bond acceptors (Lipinski definition) is 2. The Balaban J connectivity index is 2.40. The molecular weight excluding hydrogens is 315 g/mol. The molecule has 2 rings (SSSR count). The topological polar surface area (TPSA) is 29.3 Å². The van der Waals surface area contributed by atoms with Gasteiger partial charge in [0, 0.05) is 18.2 Å². The Morgan fingerprint density at radius 2 is 2.22 bits per heavy atom. The van der Waals surface area contributed by atoms with Crippen molar-refractivity contribution < 1.29 is 4.39 Å². The summed E-state index contributed by atoms with van der Waals surface area (Å²) in [6.07, 6.45) is 3.43. The Morgan fingerprint density at radius 1 is 1.50 bits per heavy atom. The first-order valence-corrected chi connectivity index (χ1v) is 7.27. The summed E-state index contributed by atoms with van der Waals surface area (Å²) >= 11 is 8.15. The van der Waals surface area contributed by atoms with E-state index in [1.165, 1.54) is 6.42 Å². The van der Waals surface area contributed by atoms with Gasteiger partial charge in [0.25, 0.3) is 0 Å². The summed E-state index contributed by atoms with van der Waals surface area (Å²) in [4.78, 5) is 2.33. The van der Waals surface area contributed by atoms with E-state index in [-0.39, 0.29) is 10.8 Å². The lowest BCUT2D eigenvalue weighted by atomic mass is 10.0. The number of hydrogen-bond donors (Lipinski definition) is 1. The molecule has 18 heavy (non-hydrogen) atoms. The number of piperidine rings is 1. The maximum absolute atomic E-state index is 14.4. The zero-order chi connectivity index (χ0) is 13.3. The fraction of sp³-hybridized carbons (Fsp3) is 0.462. The van der Waals surface area contributed by atoms with Gasteiger partial charge in [-0.25, -0.2) is 4.39 Å². The highest BCUT2D eigenvalue weighted by Gasteiger charge is 2.23. The molecule has 1 aliphatic rings. The lowest BCUT2D eigenvalue weighted by Crippen LogP contribution is -2.38. The molecule has 5 heteroatoms. The van der Waals surface area contributed by atoms with Crippen molar-refractivity contribution >= 4 is 38.8 Å². The molecule has 0 saturated carbocycles. The summed E-state index contributed by atoms with van der Waals surface area (Å²) in [7, 11) is 0. The van der Waals surface area contributed by atoms with Crippen LogP contribution in [-0.2, 0) is 0 Å². The highest BCUT2D eigenvalue weighted by molar-refractivity contribution is 9.10. The number of rotatable bonds is 2. The number of nitrogens with zero attached hydrogens (tertiary/aromatic N) is 1. The maximum atomic E-state index is 14.4. The van der Waals surface area contributed by atoms with Gasteiger partial charge in [0.05, 0.1) is 10.2 Å². The van der Waals surface area contributed by atoms with Crippen LogP contribution in [0.15, 0.2) is 16.6 Å². The second-order valence-electron chi connectivity index (χ2n) is 4.66. The smallest absolute Gasteiger partial charge is 0.161 e. The Bertz CT molecular complexity index is 478. The standard InChI is InChI=1S/C13H16BrFN2S/c1-8-4-2-3-7-17(8)10-6-5-9(13(16)18)11(14)12(10)15/h5-6,8H,2-4,7H2,1H3,(H2,16,18). The van der Waals surface area contributed by atoms with E-state index >= 15 is 0 Å². The minimum Gasteiger partial charge on any atom is -0.389 e. The lowest BCUT2D eigenvalue weighted by Gasteiger charge is -2.35. The fourth-order valence-corrected chi connectivity index (χ4v) is 3.26. The van der Waals surface area contributed by atoms with Crippen LogP contribution >= 0.6 is 28.1 Å². The fourth-order valence-electron chi connectivity index (χ4n) is 2.41. The molecule has 1 saturated heterocycles. The summed E-state index contributed by atoms with van der Waals surface area (Å²) in [5.74, 6) is -0.269. The third kappa shape index (κ3) is 2.52. The molecule has 2 nitrogen and oxygen atoms in total. The molecule has 1 fully saturated rings. The van der Waals surface area contributed by atoms with E-state index in [1.807, 2.05) is 0 Å². The predicted octanol–water partition coefficient (Wildman–Crippen LogP) is 3.60. The SMILES string of the molecule is CC1CCCCN1c1ccc(C(N)=S)c(Br)c1F. The number of benzene rings is 1. The van der Waals surface area contributed by atoms with Gasteiger partial charge < -0.3 is 10.6 Å². The molecule has 1 aliphatic heterocycles. The molecule has 98 valence electrons. The van der Waals surface area contributed by atoms with Crippen molar-refractivity contribution in [2.24, 2.45) is 5.73 Å². The van der Waals surface area contributed by atoms with Crippen molar-refractivity contribution in [2.45, 2.75) is 32.2 Å². The largest absolute Gasteiger partial charge is 0.389 e. The van der Waals surface area contributed by atoms with E-state index in [1.54, 1.807) is 12.1 Å². The number of halogens is 2. The summed E-state index contributed by atoms with van der Waals surface area (Å²) < 4.78 is 14.7. The van der Waals surface area contributed by atoms with E-state index in [9.17, 15) is 4.39 Å². The van der Waals surface area contributed by atoms with Gasteiger partial charge in [0.1, 0.15) is 4.99 Å². The van der Waals surface area contributed by atoms with E-state index < -0.39 is 0 Å². The minimum atomic E-state index is -0.269. The molecule has 2 N–H and O–H groups in total. The van der Waals surface area contributed by atoms with Crippen LogP contribution in [0.25, 0.3) is 0 Å². The second kappa shape index (κ2) is 5.53. The van der Waals surface area contributed by atoms with Gasteiger partial charge in [-0.2, -0.15) is 0 Å². The van der Waals surface area contributed by atoms with Crippen molar-refractivity contribution in [3.8, 4) is 0 Å². The van der Waals surface area contributed by atoms with Crippen LogP contribution in [-0.4, -0.2) is 17.6 Å². The molecule has 0 radical (unpaired) electrons. The zero-order valence-corrected chi connectivity index (χ0v) is 12.7. The van der Waals surface area contributed by atoms with Crippen LogP contribution in [0, 0.1) is 5.82 Å². The van der Waals surface area contributed by atoms with Crippen LogP contribution in [0.3, 0.4) is 0 Å². The minimum absolute atomic E-state index is 0.207. The molecule has 1 heterocycles. The molecule has 0 aromatic heterocycles. The molecule has 1 atom stereocenters. The van der Waals surface area contributed by atoms with Crippen molar-refractivity contribution in [2.75, 3.05) is 11.4 Å². The third-order valence-electron chi connectivity index (χ3n) is 3.44. The molecule has 0 spiro atoms. The third-order valence-corrected chi connectivity index (χ3v) is 4.43. The van der Waals surface area contributed by atoms with Crippen molar-refractivity contribution in [3.63, 3.8) is 0 Å². The van der Waals surface area contributed by atoms with Crippen LogP contribution in [0.1, 0.15) is 31.7 Å². The van der Waals surface area contributed by atoms with Gasteiger partial charge >= 0.3 is 0 Å². The van der Waals surface area contributed by atoms with Crippen molar-refractivity contribution in [1.29, 1.82) is 0 Å². The van der Waals surface area contributed by atoms with Gasteiger partial charge in [-0.3, -0.25) is 0 Å². The lowest BCUT2D eigenvalue weighted by molar-refractivity contribution is 0.475. The summed E-state index contributed by atoms with van der Waals surface area (Å²) in [6, 6.07) is 3.93. The molecule has 1 aromatic carbocycles. The average molecular weight is 331 g/mol. The number of nitrogens with two attached hydrogens (primary N) is 1. The Hall–Kier alpha value is -0.680. The Morgan fingerprint density at radius 3 is 2.83 bits per heavy atom. The molecule has 0 bridgehead atoms. The van der Waals surface area contributed by atoms with E-state index in [2.05, 4.69) is 27.8 Å². The van der Waals surface area contributed by atoms with Crippen molar-refractivity contribution in [3.05, 3.63) is 28.0 Å². The van der Waals surface area contributed by atoms with E-state index in [4.69, 9.17) is 18.0 Å². The predicted molar refractivity (Wildman–Crippen MR) is 80.6 cm³/mol. The highest BCUT2D eigenvalue weighted by atomic mass is 79.9. The van der Waals surface area contributed by atoms with Crippen LogP contribution in [0.2, 0.25) is 0 Å². The molecule has 1 aromatic rings. The van der Waals surface area contributed by atoms with E-state index in [0.717, 1.165) is 19.4 Å². The molecule has 0 aliphatic carbocycles. The van der Waals surface area contributed by atoms with Crippen LogP contribution in [0.5, 0.6) is 0 Å². The normalized spacial score (nSPS) is 19.9. The zero-order valence-electron chi connectivity index (χ0n) is 10.2. The number of anilines is 1. The first-order chi connectivity index (χ1) is 8.52. The first-order valence-electron chi connectivity index (χ1n) is 6.07. The van der Waals surface area contributed by atoms with Gasteiger partial charge in [-0.15, -0.1) is 0 Å². The summed E-state index contributed by atoms with van der Waals surface area (Å²) in [5.41, 5.74) is 6.75. The van der Waals surface area contributed by atoms with Gasteiger partial charge in [0.2, 0.25) is 0 Å². The highest BCUT2D eigenvalue weighted by Crippen LogP contribution is 2.32. The quantitative estimate of drug-likeness (QED) is 0.840.